The fourth-order valence-corrected chi connectivity index (χ4v) is 6.16. The molecule has 0 spiro atoms. The second kappa shape index (κ2) is 8.26. The molecule has 33 heavy (non-hydrogen) atoms. The molecule has 2 aromatic heterocycles. The van der Waals surface area contributed by atoms with Gasteiger partial charge in [-0.2, -0.15) is 0 Å². The summed E-state index contributed by atoms with van der Waals surface area (Å²) in [5.74, 6) is 0.914. The normalized spacial score (nSPS) is 18.4. The molecular weight excluding hydrogens is 452 g/mol. The number of hydrogen-bond acceptors (Lipinski definition) is 4. The minimum atomic E-state index is -0.498. The molecule has 1 aliphatic rings. The summed E-state index contributed by atoms with van der Waals surface area (Å²) in [7, 11) is 0. The van der Waals surface area contributed by atoms with Gasteiger partial charge in [0.1, 0.15) is 11.5 Å². The lowest BCUT2D eigenvalue weighted by molar-refractivity contribution is 0.0594. The second-order valence-corrected chi connectivity index (χ2v) is 10.5. The summed E-state index contributed by atoms with van der Waals surface area (Å²) in [6, 6.07) is 13.9. The molecular formula is C26H27ClN4OS. The number of aromatic nitrogens is 3. The molecule has 1 aliphatic heterocycles. The molecule has 1 amide bonds. The summed E-state index contributed by atoms with van der Waals surface area (Å²) < 4.78 is 2.26. The molecule has 0 N–H and O–H groups in total. The summed E-state index contributed by atoms with van der Waals surface area (Å²) in [4.78, 5) is 26.6. The van der Waals surface area contributed by atoms with E-state index in [2.05, 4.69) is 48.5 Å². The monoisotopic (exact) mass is 478 g/mol. The standard InChI is InChI=1S/C26H27ClN4OS/c1-5-30-20-12-6-9-16(2)21(20)29-25(30)26(4)13-8-14-31(26)24(32)22-23(33-17(3)28-22)18-10-7-11-19(27)15-18/h6-7,9-12,15H,5,8,13-14H2,1-4H3. The minimum Gasteiger partial charge on any atom is -0.326 e. The van der Waals surface area contributed by atoms with E-state index in [0.29, 0.717) is 17.3 Å². The number of aryl methyl sites for hydroxylation is 3. The lowest BCUT2D eigenvalue weighted by atomic mass is 9.97. The van der Waals surface area contributed by atoms with Gasteiger partial charge in [-0.05, 0) is 69.9 Å². The molecule has 0 bridgehead atoms. The molecule has 1 saturated heterocycles. The first-order valence-corrected chi connectivity index (χ1v) is 12.5. The van der Waals surface area contributed by atoms with Crippen LogP contribution >= 0.6 is 22.9 Å². The average molecular weight is 479 g/mol. The molecule has 5 rings (SSSR count). The van der Waals surface area contributed by atoms with E-state index in [1.165, 1.54) is 11.3 Å². The van der Waals surface area contributed by atoms with Crippen molar-refractivity contribution in [2.45, 2.75) is 52.6 Å². The Hall–Kier alpha value is -2.70. The van der Waals surface area contributed by atoms with Gasteiger partial charge >= 0.3 is 0 Å². The van der Waals surface area contributed by atoms with Crippen molar-refractivity contribution in [3.05, 3.63) is 69.6 Å². The lowest BCUT2D eigenvalue weighted by Gasteiger charge is -2.35. The zero-order chi connectivity index (χ0) is 23.3. The second-order valence-electron chi connectivity index (χ2n) is 8.88. The van der Waals surface area contributed by atoms with E-state index in [1.54, 1.807) is 0 Å². The molecule has 2 aromatic carbocycles. The summed E-state index contributed by atoms with van der Waals surface area (Å²) in [5.41, 5.74) is 4.22. The van der Waals surface area contributed by atoms with Gasteiger partial charge in [-0.15, -0.1) is 11.3 Å². The Morgan fingerprint density at radius 1 is 1.18 bits per heavy atom. The lowest BCUT2D eigenvalue weighted by Crippen LogP contribution is -2.45. The van der Waals surface area contributed by atoms with Gasteiger partial charge in [-0.1, -0.05) is 35.9 Å². The number of halogens is 1. The molecule has 0 aliphatic carbocycles. The van der Waals surface area contributed by atoms with Crippen molar-refractivity contribution in [2.75, 3.05) is 6.54 Å². The molecule has 4 aromatic rings. The Labute approximate surface area is 203 Å². The average Bonchev–Trinajstić information content (AvgIpc) is 3.49. The van der Waals surface area contributed by atoms with Crippen LogP contribution in [0.25, 0.3) is 21.5 Å². The number of nitrogens with zero attached hydrogens (tertiary/aromatic N) is 4. The van der Waals surface area contributed by atoms with Crippen LogP contribution in [0.15, 0.2) is 42.5 Å². The summed E-state index contributed by atoms with van der Waals surface area (Å²) >= 11 is 7.78. The number of carbonyl (C=O) groups excluding carboxylic acids is 1. The highest BCUT2D eigenvalue weighted by atomic mass is 35.5. The third-order valence-corrected chi connectivity index (χ3v) is 7.94. The molecule has 3 heterocycles. The Balaban J connectivity index is 1.61. The number of carbonyl (C=O) groups is 1. The number of rotatable bonds is 4. The van der Waals surface area contributed by atoms with Crippen LogP contribution < -0.4 is 0 Å². The summed E-state index contributed by atoms with van der Waals surface area (Å²) in [5, 5.41) is 1.51. The van der Waals surface area contributed by atoms with E-state index in [-0.39, 0.29) is 5.91 Å². The van der Waals surface area contributed by atoms with Crippen molar-refractivity contribution in [3.8, 4) is 10.4 Å². The zero-order valence-electron chi connectivity index (χ0n) is 19.4. The van der Waals surface area contributed by atoms with Crippen LogP contribution in [0.4, 0.5) is 0 Å². The number of likely N-dealkylation sites (tertiary alicyclic amines) is 1. The van der Waals surface area contributed by atoms with Crippen LogP contribution in [0.1, 0.15) is 53.6 Å². The third-order valence-electron chi connectivity index (χ3n) is 6.69. The van der Waals surface area contributed by atoms with Crippen molar-refractivity contribution in [1.82, 2.24) is 19.4 Å². The van der Waals surface area contributed by atoms with Crippen LogP contribution in [-0.4, -0.2) is 31.9 Å². The highest BCUT2D eigenvalue weighted by Gasteiger charge is 2.46. The predicted molar refractivity (Wildman–Crippen MR) is 135 cm³/mol. The van der Waals surface area contributed by atoms with E-state index >= 15 is 0 Å². The molecule has 0 saturated carbocycles. The molecule has 1 unspecified atom stereocenters. The number of imidazole rings is 1. The fraction of sp³-hybridized carbons (Fsp3) is 0.346. The van der Waals surface area contributed by atoms with E-state index in [1.807, 2.05) is 36.1 Å². The van der Waals surface area contributed by atoms with Gasteiger partial charge in [0.2, 0.25) is 0 Å². The molecule has 1 fully saturated rings. The van der Waals surface area contributed by atoms with E-state index in [0.717, 1.165) is 57.3 Å². The van der Waals surface area contributed by atoms with E-state index in [4.69, 9.17) is 16.6 Å². The quantitative estimate of drug-likeness (QED) is 0.332. The van der Waals surface area contributed by atoms with Crippen LogP contribution in [0.5, 0.6) is 0 Å². The van der Waals surface area contributed by atoms with Crippen LogP contribution in [0.2, 0.25) is 5.02 Å². The first-order valence-electron chi connectivity index (χ1n) is 11.3. The zero-order valence-corrected chi connectivity index (χ0v) is 20.9. The molecule has 1 atom stereocenters. The Morgan fingerprint density at radius 2 is 1.97 bits per heavy atom. The van der Waals surface area contributed by atoms with Gasteiger partial charge < -0.3 is 9.47 Å². The summed E-state index contributed by atoms with van der Waals surface area (Å²) in [6.45, 7) is 9.81. The largest absolute Gasteiger partial charge is 0.326 e. The number of hydrogen-bond donors (Lipinski definition) is 0. The molecule has 170 valence electrons. The Bertz CT molecular complexity index is 1370. The number of para-hydroxylation sites is 1. The van der Waals surface area contributed by atoms with Gasteiger partial charge in [0.15, 0.2) is 0 Å². The smallest absolute Gasteiger partial charge is 0.274 e. The van der Waals surface area contributed by atoms with Gasteiger partial charge in [-0.25, -0.2) is 9.97 Å². The van der Waals surface area contributed by atoms with Crippen LogP contribution in [-0.2, 0) is 12.1 Å². The molecule has 5 nitrogen and oxygen atoms in total. The molecule has 7 heteroatoms. The number of fused-ring (bicyclic) bond motifs is 1. The van der Waals surface area contributed by atoms with Crippen molar-refractivity contribution < 1.29 is 4.79 Å². The Kier molecular flexibility index (Phi) is 5.53. The van der Waals surface area contributed by atoms with Crippen LogP contribution in [0.3, 0.4) is 0 Å². The SMILES string of the molecule is CCn1c(C2(C)CCCN2C(=O)c2nc(C)sc2-c2cccc(Cl)c2)nc2c(C)cccc21. The summed E-state index contributed by atoms with van der Waals surface area (Å²) in [6.07, 6.45) is 1.81. The highest BCUT2D eigenvalue weighted by Crippen LogP contribution is 2.42. The van der Waals surface area contributed by atoms with Crippen molar-refractivity contribution in [2.24, 2.45) is 0 Å². The van der Waals surface area contributed by atoms with Gasteiger partial charge in [0, 0.05) is 18.1 Å². The maximum absolute atomic E-state index is 14.0. The van der Waals surface area contributed by atoms with Crippen molar-refractivity contribution in [3.63, 3.8) is 0 Å². The number of thiazole rings is 1. The van der Waals surface area contributed by atoms with Crippen molar-refractivity contribution >= 4 is 39.9 Å². The maximum Gasteiger partial charge on any atom is 0.274 e. The Morgan fingerprint density at radius 3 is 2.73 bits per heavy atom. The van der Waals surface area contributed by atoms with Crippen molar-refractivity contribution in [1.29, 1.82) is 0 Å². The van der Waals surface area contributed by atoms with E-state index < -0.39 is 5.54 Å². The fourth-order valence-electron chi connectivity index (χ4n) is 5.06. The maximum atomic E-state index is 14.0. The first-order chi connectivity index (χ1) is 15.8. The highest BCUT2D eigenvalue weighted by molar-refractivity contribution is 7.15. The van der Waals surface area contributed by atoms with Gasteiger partial charge in [0.25, 0.3) is 5.91 Å². The van der Waals surface area contributed by atoms with Gasteiger partial charge in [0.05, 0.1) is 26.5 Å². The minimum absolute atomic E-state index is 0.0410. The first kappa shape index (κ1) is 22.1. The number of benzene rings is 2. The topological polar surface area (TPSA) is 51.0 Å². The number of amides is 1. The van der Waals surface area contributed by atoms with Crippen LogP contribution in [0, 0.1) is 13.8 Å². The molecule has 0 radical (unpaired) electrons. The van der Waals surface area contributed by atoms with Gasteiger partial charge in [-0.3, -0.25) is 4.79 Å². The third kappa shape index (κ3) is 3.56. The predicted octanol–water partition coefficient (Wildman–Crippen LogP) is 6.60. The van der Waals surface area contributed by atoms with E-state index in [9.17, 15) is 4.79 Å².